The van der Waals surface area contributed by atoms with Crippen LogP contribution in [-0.4, -0.2) is 17.9 Å². The summed E-state index contributed by atoms with van der Waals surface area (Å²) in [7, 11) is 0. The Balaban J connectivity index is 3.71. The molecule has 0 heterocycles. The molecular formula is C3H4F4S. The van der Waals surface area contributed by atoms with Gasteiger partial charge in [-0.15, -0.1) is 0 Å². The van der Waals surface area contributed by atoms with Gasteiger partial charge >= 0.3 is 11.7 Å². The second-order valence-corrected chi connectivity index (χ2v) is 2.02. The van der Waals surface area contributed by atoms with E-state index in [4.69, 9.17) is 0 Å². The summed E-state index contributed by atoms with van der Waals surface area (Å²) >= 11 is -0.148. The monoisotopic (exact) mass is 148 g/mol. The molecule has 0 saturated carbocycles. The van der Waals surface area contributed by atoms with Crippen LogP contribution < -0.4 is 0 Å². The molecule has 0 aromatic heterocycles. The molecule has 0 spiro atoms. The average Bonchev–Trinajstić information content (AvgIpc) is 1.67. The number of alkyl halides is 4. The van der Waals surface area contributed by atoms with Gasteiger partial charge in [-0.1, -0.05) is 11.8 Å². The summed E-state index contributed by atoms with van der Waals surface area (Å²) in [6.45, 7) is 0. The Kier molecular flexibility index (Phi) is 2.59. The van der Waals surface area contributed by atoms with Gasteiger partial charge in [0, 0.05) is 0 Å². The number of hydrogen-bond acceptors (Lipinski definition) is 1. The first-order chi connectivity index (χ1) is 3.50. The molecule has 0 saturated heterocycles. The molecule has 0 unspecified atom stereocenters. The first-order valence-corrected chi connectivity index (χ1v) is 2.94. The second-order valence-electron chi connectivity index (χ2n) is 1.07. The summed E-state index contributed by atoms with van der Waals surface area (Å²) in [5.74, 6) is 0. The van der Waals surface area contributed by atoms with Crippen LogP contribution in [0.15, 0.2) is 0 Å². The third-order valence-corrected chi connectivity index (χ3v) is 1.25. The smallest absolute Gasteiger partial charge is 0.202 e. The lowest BCUT2D eigenvalue weighted by molar-refractivity contribution is -0.0560. The van der Waals surface area contributed by atoms with Gasteiger partial charge in [0.15, 0.2) is 0 Å². The van der Waals surface area contributed by atoms with E-state index in [2.05, 4.69) is 0 Å². The van der Waals surface area contributed by atoms with E-state index in [1.165, 1.54) is 0 Å². The Morgan fingerprint density at radius 2 is 1.75 bits per heavy atom. The first-order valence-electron chi connectivity index (χ1n) is 1.72. The van der Waals surface area contributed by atoms with Gasteiger partial charge in [-0.05, 0) is 6.26 Å². The third kappa shape index (κ3) is 1.90. The minimum atomic E-state index is -3.88. The molecule has 0 atom stereocenters. The Bertz CT molecular complexity index is 71.7. The topological polar surface area (TPSA) is 0 Å². The summed E-state index contributed by atoms with van der Waals surface area (Å²) in [6.07, 6.45) is -2.62. The predicted molar refractivity (Wildman–Crippen MR) is 24.5 cm³/mol. The predicted octanol–water partition coefficient (Wildman–Crippen LogP) is 2.21. The van der Waals surface area contributed by atoms with Crippen LogP contribution in [0.4, 0.5) is 17.6 Å². The number of thioether (sulfide) groups is 1. The molecular weight excluding hydrogens is 144 g/mol. The van der Waals surface area contributed by atoms with E-state index in [1.54, 1.807) is 0 Å². The number of rotatable bonds is 2. The molecule has 0 aromatic carbocycles. The van der Waals surface area contributed by atoms with Gasteiger partial charge in [0.25, 0.3) is 0 Å². The van der Waals surface area contributed by atoms with E-state index in [1.807, 2.05) is 0 Å². The summed E-state index contributed by atoms with van der Waals surface area (Å²) < 4.78 is 45.1. The van der Waals surface area contributed by atoms with Crippen molar-refractivity contribution in [3.8, 4) is 0 Å². The minimum Gasteiger partial charge on any atom is -0.202 e. The maximum atomic E-state index is 11.5. The quantitative estimate of drug-likeness (QED) is 0.541. The highest BCUT2D eigenvalue weighted by atomic mass is 32.2. The Morgan fingerprint density at radius 1 is 1.38 bits per heavy atom. The van der Waals surface area contributed by atoms with Gasteiger partial charge in [0.05, 0.1) is 0 Å². The van der Waals surface area contributed by atoms with Crippen molar-refractivity contribution in [3.63, 3.8) is 0 Å². The molecule has 50 valence electrons. The molecule has 0 aliphatic carbocycles. The molecule has 5 heteroatoms. The third-order valence-electron chi connectivity index (χ3n) is 0.526. The van der Waals surface area contributed by atoms with E-state index in [-0.39, 0.29) is 11.8 Å². The largest absolute Gasteiger partial charge is 0.353 e. The highest BCUT2D eigenvalue weighted by molar-refractivity contribution is 7.99. The van der Waals surface area contributed by atoms with Crippen molar-refractivity contribution >= 4 is 11.8 Å². The zero-order valence-corrected chi connectivity index (χ0v) is 4.81. The van der Waals surface area contributed by atoms with E-state index >= 15 is 0 Å². The van der Waals surface area contributed by atoms with Gasteiger partial charge in [-0.2, -0.15) is 8.78 Å². The fraction of sp³-hybridized carbons (Fsp3) is 1.00. The molecule has 0 aliphatic heterocycles. The standard InChI is InChI=1S/C3H4F4S/c1-8-3(6,7)2(4)5/h2H,1H3. The van der Waals surface area contributed by atoms with Crippen molar-refractivity contribution < 1.29 is 17.6 Å². The molecule has 0 aromatic rings. The molecule has 0 bridgehead atoms. The molecule has 0 radical (unpaired) electrons. The lowest BCUT2D eigenvalue weighted by Gasteiger charge is -2.09. The van der Waals surface area contributed by atoms with Crippen LogP contribution in [0.3, 0.4) is 0 Å². The molecule has 8 heavy (non-hydrogen) atoms. The number of hydrogen-bond donors (Lipinski definition) is 0. The van der Waals surface area contributed by atoms with Gasteiger partial charge in [0.1, 0.15) is 0 Å². The average molecular weight is 148 g/mol. The van der Waals surface area contributed by atoms with E-state index in [9.17, 15) is 17.6 Å². The normalized spacial score (nSPS) is 12.8. The fourth-order valence-corrected chi connectivity index (χ4v) is 0.267. The van der Waals surface area contributed by atoms with E-state index in [0.29, 0.717) is 0 Å². The highest BCUT2D eigenvalue weighted by Gasteiger charge is 2.39. The Morgan fingerprint density at radius 3 is 1.75 bits per heavy atom. The highest BCUT2D eigenvalue weighted by Crippen LogP contribution is 2.32. The first kappa shape index (κ1) is 8.07. The molecule has 0 N–H and O–H groups in total. The molecule has 0 nitrogen and oxygen atoms in total. The van der Waals surface area contributed by atoms with Crippen molar-refractivity contribution in [2.24, 2.45) is 0 Å². The Hall–Kier alpha value is 0.0700. The summed E-state index contributed by atoms with van der Waals surface area (Å²) in [5.41, 5.74) is 0. The van der Waals surface area contributed by atoms with Crippen molar-refractivity contribution in [3.05, 3.63) is 0 Å². The van der Waals surface area contributed by atoms with Gasteiger partial charge < -0.3 is 0 Å². The zero-order valence-electron chi connectivity index (χ0n) is 4.00. The second kappa shape index (κ2) is 2.57. The van der Waals surface area contributed by atoms with Crippen molar-refractivity contribution in [2.75, 3.05) is 6.26 Å². The van der Waals surface area contributed by atoms with Crippen LogP contribution in [0.25, 0.3) is 0 Å². The SMILES string of the molecule is CSC(F)(F)C(F)F. The maximum Gasteiger partial charge on any atom is 0.353 e. The molecule has 0 aliphatic rings. The van der Waals surface area contributed by atoms with Crippen LogP contribution >= 0.6 is 11.8 Å². The van der Waals surface area contributed by atoms with Crippen LogP contribution in [0.5, 0.6) is 0 Å². The van der Waals surface area contributed by atoms with Crippen LogP contribution in [0.2, 0.25) is 0 Å². The van der Waals surface area contributed by atoms with E-state index in [0.717, 1.165) is 6.26 Å². The van der Waals surface area contributed by atoms with Crippen LogP contribution in [0, 0.1) is 0 Å². The van der Waals surface area contributed by atoms with Gasteiger partial charge in [0.2, 0.25) is 0 Å². The van der Waals surface area contributed by atoms with Crippen LogP contribution in [-0.2, 0) is 0 Å². The molecule has 0 rings (SSSR count). The van der Waals surface area contributed by atoms with Crippen molar-refractivity contribution in [1.82, 2.24) is 0 Å². The summed E-state index contributed by atoms with van der Waals surface area (Å²) in [5, 5.41) is -3.88. The lowest BCUT2D eigenvalue weighted by Crippen LogP contribution is -2.20. The number of halogens is 4. The van der Waals surface area contributed by atoms with Gasteiger partial charge in [-0.25, -0.2) is 8.78 Å². The summed E-state index contributed by atoms with van der Waals surface area (Å²) in [4.78, 5) is 0. The zero-order chi connectivity index (χ0) is 6.78. The minimum absolute atomic E-state index is 0.148. The van der Waals surface area contributed by atoms with Crippen molar-refractivity contribution in [1.29, 1.82) is 0 Å². The maximum absolute atomic E-state index is 11.5. The molecule has 0 amide bonds. The fourth-order valence-electron chi connectivity index (χ4n) is 0.0891. The van der Waals surface area contributed by atoms with Crippen molar-refractivity contribution in [2.45, 2.75) is 11.7 Å². The lowest BCUT2D eigenvalue weighted by atomic mass is 10.7. The molecule has 0 fully saturated rings. The summed E-state index contributed by atoms with van der Waals surface area (Å²) in [6, 6.07) is 0. The Labute approximate surface area is 48.3 Å². The van der Waals surface area contributed by atoms with E-state index < -0.39 is 11.7 Å². The van der Waals surface area contributed by atoms with Gasteiger partial charge in [-0.3, -0.25) is 0 Å². The van der Waals surface area contributed by atoms with Crippen LogP contribution in [0.1, 0.15) is 0 Å².